The normalized spacial score (nSPS) is 24.3. The van der Waals surface area contributed by atoms with Gasteiger partial charge in [-0.25, -0.2) is 13.2 Å². The number of carbonyl (C=O) groups is 1. The van der Waals surface area contributed by atoms with Crippen LogP contribution in [0.15, 0.2) is 0 Å². The minimum Gasteiger partial charge on any atom is -0.450 e. The Kier molecular flexibility index (Phi) is 4.80. The van der Waals surface area contributed by atoms with Crippen molar-refractivity contribution in [3.8, 4) is 0 Å². The summed E-state index contributed by atoms with van der Waals surface area (Å²) in [5.41, 5.74) is 0. The lowest BCUT2D eigenvalue weighted by Gasteiger charge is -2.32. The highest BCUT2D eigenvalue weighted by molar-refractivity contribution is 7.91. The van der Waals surface area contributed by atoms with Gasteiger partial charge in [-0.1, -0.05) is 6.92 Å². The first-order chi connectivity index (χ1) is 7.91. The van der Waals surface area contributed by atoms with E-state index in [1.54, 1.807) is 11.8 Å². The Bertz CT molecular complexity index is 366. The first kappa shape index (κ1) is 14.3. The summed E-state index contributed by atoms with van der Waals surface area (Å²) in [5, 5.41) is 0. The van der Waals surface area contributed by atoms with Gasteiger partial charge in [-0.15, -0.1) is 0 Å². The monoisotopic (exact) mass is 263 g/mol. The zero-order chi connectivity index (χ0) is 13.1. The molecule has 6 heteroatoms. The predicted octanol–water partition coefficient (Wildman–Crippen LogP) is 1.43. The smallest absolute Gasteiger partial charge is 0.410 e. The Balaban J connectivity index is 2.80. The second-order valence-corrected chi connectivity index (χ2v) is 6.65. The molecule has 0 aromatic carbocycles. The number of amides is 1. The van der Waals surface area contributed by atoms with Crippen LogP contribution >= 0.6 is 0 Å². The lowest BCUT2D eigenvalue weighted by Crippen LogP contribution is -2.46. The lowest BCUT2D eigenvalue weighted by atomic mass is 10.1. The van der Waals surface area contributed by atoms with Crippen LogP contribution in [-0.2, 0) is 14.6 Å². The van der Waals surface area contributed by atoms with Gasteiger partial charge in [-0.05, 0) is 26.7 Å². The van der Waals surface area contributed by atoms with Gasteiger partial charge in [-0.2, -0.15) is 0 Å². The first-order valence-electron chi connectivity index (χ1n) is 6.06. The standard InChI is InChI=1S/C11H21NO4S/c1-4-9(3)12(11(13)16-5-2)10-6-7-17(14,15)8-10/h9-10H,4-8H2,1-3H3/t9-,10+/m1/s1. The third kappa shape index (κ3) is 3.59. The third-order valence-electron chi connectivity index (χ3n) is 3.15. The Labute approximate surface area is 103 Å². The molecule has 0 saturated carbocycles. The summed E-state index contributed by atoms with van der Waals surface area (Å²) in [6, 6.07) is -0.221. The Morgan fingerprint density at radius 1 is 1.47 bits per heavy atom. The van der Waals surface area contributed by atoms with Gasteiger partial charge in [0, 0.05) is 6.04 Å². The summed E-state index contributed by atoms with van der Waals surface area (Å²) < 4.78 is 27.9. The minimum atomic E-state index is -2.98. The Morgan fingerprint density at radius 2 is 2.12 bits per heavy atom. The van der Waals surface area contributed by atoms with Crippen molar-refractivity contribution in [2.24, 2.45) is 0 Å². The fourth-order valence-corrected chi connectivity index (χ4v) is 3.79. The molecule has 0 unspecified atom stereocenters. The summed E-state index contributed by atoms with van der Waals surface area (Å²) in [5.74, 6) is 0.236. The predicted molar refractivity (Wildman–Crippen MR) is 65.7 cm³/mol. The summed E-state index contributed by atoms with van der Waals surface area (Å²) in [7, 11) is -2.98. The van der Waals surface area contributed by atoms with Gasteiger partial charge in [0.05, 0.1) is 24.2 Å². The molecule has 0 radical (unpaired) electrons. The van der Waals surface area contributed by atoms with E-state index >= 15 is 0 Å². The third-order valence-corrected chi connectivity index (χ3v) is 4.90. The van der Waals surface area contributed by atoms with E-state index in [9.17, 15) is 13.2 Å². The molecule has 1 aliphatic heterocycles. The van der Waals surface area contributed by atoms with Crippen molar-refractivity contribution in [2.45, 2.75) is 45.7 Å². The molecule has 1 fully saturated rings. The second-order valence-electron chi connectivity index (χ2n) is 4.42. The Hall–Kier alpha value is -0.780. The second kappa shape index (κ2) is 5.71. The van der Waals surface area contributed by atoms with Crippen molar-refractivity contribution in [1.29, 1.82) is 0 Å². The van der Waals surface area contributed by atoms with Crippen LogP contribution in [0.1, 0.15) is 33.6 Å². The SMILES string of the molecule is CCOC(=O)N([C@H]1CCS(=O)(=O)C1)[C@H](C)CC. The summed E-state index contributed by atoms with van der Waals surface area (Å²) in [4.78, 5) is 13.4. The largest absolute Gasteiger partial charge is 0.450 e. The zero-order valence-electron chi connectivity index (χ0n) is 10.7. The molecule has 0 aliphatic carbocycles. The quantitative estimate of drug-likeness (QED) is 0.769. The minimum absolute atomic E-state index is 0.00681. The van der Waals surface area contributed by atoms with E-state index in [4.69, 9.17) is 4.74 Å². The maximum absolute atomic E-state index is 11.9. The van der Waals surface area contributed by atoms with Gasteiger partial charge in [0.1, 0.15) is 0 Å². The van der Waals surface area contributed by atoms with Crippen molar-refractivity contribution in [2.75, 3.05) is 18.1 Å². The van der Waals surface area contributed by atoms with Crippen molar-refractivity contribution in [1.82, 2.24) is 4.90 Å². The van der Waals surface area contributed by atoms with Gasteiger partial charge in [-0.3, -0.25) is 0 Å². The number of nitrogens with zero attached hydrogens (tertiary/aromatic N) is 1. The zero-order valence-corrected chi connectivity index (χ0v) is 11.5. The van der Waals surface area contributed by atoms with Crippen LogP contribution in [0.3, 0.4) is 0 Å². The highest BCUT2D eigenvalue weighted by Gasteiger charge is 2.37. The van der Waals surface area contributed by atoms with Gasteiger partial charge in [0.15, 0.2) is 9.84 Å². The van der Waals surface area contributed by atoms with E-state index in [-0.39, 0.29) is 23.6 Å². The van der Waals surface area contributed by atoms with Gasteiger partial charge >= 0.3 is 6.09 Å². The van der Waals surface area contributed by atoms with Crippen molar-refractivity contribution in [3.05, 3.63) is 0 Å². The number of hydrogen-bond donors (Lipinski definition) is 0. The molecule has 0 aromatic rings. The molecule has 1 saturated heterocycles. The van der Waals surface area contributed by atoms with E-state index in [2.05, 4.69) is 0 Å². The molecular weight excluding hydrogens is 242 g/mol. The molecule has 1 rings (SSSR count). The molecular formula is C11H21NO4S. The molecule has 0 bridgehead atoms. The van der Waals surface area contributed by atoms with Gasteiger partial charge < -0.3 is 9.64 Å². The van der Waals surface area contributed by atoms with Crippen LogP contribution in [0.5, 0.6) is 0 Å². The average molecular weight is 263 g/mol. The topological polar surface area (TPSA) is 63.7 Å². The first-order valence-corrected chi connectivity index (χ1v) is 7.89. The molecule has 2 atom stereocenters. The molecule has 100 valence electrons. The summed E-state index contributed by atoms with van der Waals surface area (Å²) >= 11 is 0. The number of sulfone groups is 1. The fraction of sp³-hybridized carbons (Fsp3) is 0.909. The van der Waals surface area contributed by atoms with E-state index < -0.39 is 15.9 Å². The van der Waals surface area contributed by atoms with Crippen LogP contribution in [0.25, 0.3) is 0 Å². The van der Waals surface area contributed by atoms with E-state index in [1.807, 2.05) is 13.8 Å². The maximum atomic E-state index is 11.9. The number of hydrogen-bond acceptors (Lipinski definition) is 4. The van der Waals surface area contributed by atoms with Crippen molar-refractivity contribution >= 4 is 15.9 Å². The lowest BCUT2D eigenvalue weighted by molar-refractivity contribution is 0.0766. The molecule has 1 amide bonds. The van der Waals surface area contributed by atoms with Crippen molar-refractivity contribution in [3.63, 3.8) is 0 Å². The Morgan fingerprint density at radius 3 is 2.53 bits per heavy atom. The number of ether oxygens (including phenoxy) is 1. The van der Waals surface area contributed by atoms with Crippen molar-refractivity contribution < 1.29 is 17.9 Å². The molecule has 1 heterocycles. The van der Waals surface area contributed by atoms with Gasteiger partial charge in [0.2, 0.25) is 0 Å². The number of carbonyl (C=O) groups excluding carboxylic acids is 1. The molecule has 0 spiro atoms. The average Bonchev–Trinajstić information content (AvgIpc) is 2.59. The molecule has 0 N–H and O–H groups in total. The van der Waals surface area contributed by atoms with E-state index in [0.29, 0.717) is 13.0 Å². The maximum Gasteiger partial charge on any atom is 0.410 e. The molecule has 0 aromatic heterocycles. The molecule has 1 aliphatic rings. The van der Waals surface area contributed by atoms with Crippen LogP contribution in [0.4, 0.5) is 4.79 Å². The molecule has 5 nitrogen and oxygen atoms in total. The van der Waals surface area contributed by atoms with Crippen LogP contribution in [0, 0.1) is 0 Å². The number of rotatable bonds is 4. The molecule has 17 heavy (non-hydrogen) atoms. The highest BCUT2D eigenvalue weighted by Crippen LogP contribution is 2.21. The highest BCUT2D eigenvalue weighted by atomic mass is 32.2. The van der Waals surface area contributed by atoms with Crippen LogP contribution < -0.4 is 0 Å². The van der Waals surface area contributed by atoms with E-state index in [1.165, 1.54) is 0 Å². The summed E-state index contributed by atoms with van der Waals surface area (Å²) in [6.07, 6.45) is 0.907. The van der Waals surface area contributed by atoms with E-state index in [0.717, 1.165) is 6.42 Å². The van der Waals surface area contributed by atoms with Crippen LogP contribution in [0.2, 0.25) is 0 Å². The van der Waals surface area contributed by atoms with Crippen LogP contribution in [-0.4, -0.2) is 49.6 Å². The summed E-state index contributed by atoms with van der Waals surface area (Å²) in [6.45, 7) is 5.95. The fourth-order valence-electron chi connectivity index (χ4n) is 2.08. The van der Waals surface area contributed by atoms with Gasteiger partial charge in [0.25, 0.3) is 0 Å².